The highest BCUT2D eigenvalue weighted by atomic mass is 16.7. The largest absolute Gasteiger partial charge is 0.394 e. The second-order valence-corrected chi connectivity index (χ2v) is 21.1. The zero-order chi connectivity index (χ0) is 56.0. The summed E-state index contributed by atoms with van der Waals surface area (Å²) in [6, 6.07) is -0.924. The maximum absolute atomic E-state index is 13.3. The lowest BCUT2D eigenvalue weighted by atomic mass is 9.97. The van der Waals surface area contributed by atoms with Crippen LogP contribution in [0.1, 0.15) is 213 Å². The molecular formula is C63H109NO13. The molecule has 12 atom stereocenters. The molecule has 0 aromatic heterocycles. The van der Waals surface area contributed by atoms with Crippen molar-refractivity contribution >= 4 is 5.91 Å². The SMILES string of the molecule is CC/C=C\C/C=C\C/C=C\C/C=C\C/C=C\C/C=C\CCCCCCCCCCC(=O)NC(COC1OC(CO)C(OC2OC(CO)C(O)C(O)C2O)C(O)C1O)C(O)/C=C/CCCCCCCCCCCCCCCC. The Morgan fingerprint density at radius 3 is 1.38 bits per heavy atom. The molecule has 2 aliphatic rings. The van der Waals surface area contributed by atoms with Crippen LogP contribution in [0.2, 0.25) is 0 Å². The quantitative estimate of drug-likeness (QED) is 0.0204. The zero-order valence-electron chi connectivity index (χ0n) is 47.7. The van der Waals surface area contributed by atoms with Gasteiger partial charge in [0, 0.05) is 6.42 Å². The molecule has 14 heteroatoms. The smallest absolute Gasteiger partial charge is 0.220 e. The first kappa shape index (κ1) is 70.3. The van der Waals surface area contributed by atoms with Crippen molar-refractivity contribution in [3.8, 4) is 0 Å². The van der Waals surface area contributed by atoms with Gasteiger partial charge in [-0.25, -0.2) is 0 Å². The van der Waals surface area contributed by atoms with Crippen molar-refractivity contribution in [2.75, 3.05) is 19.8 Å². The molecule has 0 radical (unpaired) electrons. The van der Waals surface area contributed by atoms with Crippen LogP contribution >= 0.6 is 0 Å². The molecule has 1 amide bonds. The number of allylic oxidation sites excluding steroid dienone is 13. The van der Waals surface area contributed by atoms with E-state index in [1.54, 1.807) is 6.08 Å². The first-order valence-electron chi connectivity index (χ1n) is 30.3. The Bertz CT molecular complexity index is 1610. The number of carbonyl (C=O) groups is 1. The summed E-state index contributed by atoms with van der Waals surface area (Å²) in [4.78, 5) is 13.3. The van der Waals surface area contributed by atoms with E-state index in [1.807, 2.05) is 6.08 Å². The number of carbonyl (C=O) groups excluding carboxylic acids is 1. The van der Waals surface area contributed by atoms with Crippen LogP contribution in [0.4, 0.5) is 0 Å². The van der Waals surface area contributed by atoms with Crippen molar-refractivity contribution < 1.29 is 64.6 Å². The summed E-state index contributed by atoms with van der Waals surface area (Å²) in [5.41, 5.74) is 0. The fourth-order valence-electron chi connectivity index (χ4n) is 9.47. The van der Waals surface area contributed by atoms with E-state index in [0.29, 0.717) is 6.42 Å². The van der Waals surface area contributed by atoms with Crippen molar-refractivity contribution in [3.63, 3.8) is 0 Å². The van der Waals surface area contributed by atoms with Crippen molar-refractivity contribution in [1.82, 2.24) is 5.32 Å². The lowest BCUT2D eigenvalue weighted by Crippen LogP contribution is -2.65. The number of hydrogen-bond acceptors (Lipinski definition) is 13. The minimum atomic E-state index is -1.79. The second-order valence-electron chi connectivity index (χ2n) is 21.1. The van der Waals surface area contributed by atoms with E-state index in [4.69, 9.17) is 18.9 Å². The van der Waals surface area contributed by atoms with Crippen LogP contribution in [0.15, 0.2) is 85.1 Å². The summed E-state index contributed by atoms with van der Waals surface area (Å²) in [7, 11) is 0. The summed E-state index contributed by atoms with van der Waals surface area (Å²) in [6.07, 6.45) is 47.5. The van der Waals surface area contributed by atoms with Crippen molar-refractivity contribution in [2.24, 2.45) is 0 Å². The van der Waals surface area contributed by atoms with Crippen molar-refractivity contribution in [1.29, 1.82) is 0 Å². The lowest BCUT2D eigenvalue weighted by Gasteiger charge is -2.46. The number of hydrogen-bond donors (Lipinski definition) is 9. The number of rotatable bonds is 47. The third-order valence-corrected chi connectivity index (χ3v) is 14.3. The Hall–Kier alpha value is -2.83. The van der Waals surface area contributed by atoms with Crippen LogP contribution in [0.3, 0.4) is 0 Å². The molecule has 0 bridgehead atoms. The highest BCUT2D eigenvalue weighted by Gasteiger charge is 2.51. The standard InChI is InChI=1S/C63H109NO13/c1-3-5-7-9-11-13-15-17-19-21-22-23-24-25-26-27-28-29-30-31-33-35-37-39-41-43-45-47-55(68)64-51(52(67)46-44-42-40-38-36-34-32-20-18-16-14-12-10-8-6-4-2)50-74-62-60(73)58(71)61(54(49-66)76-62)77-63-59(72)57(70)56(69)53(48-65)75-63/h5,7,11,13,17,19,22-23,25-26,28-29,44,46,51-54,56-63,65-67,69-73H,3-4,6,8-10,12,14-16,18,20-21,24,27,30-43,45,47-50H2,1-2H3,(H,64,68)/b7-5-,13-11-,19-17-,23-22-,26-25-,29-28-,46-44+. The first-order chi connectivity index (χ1) is 37.6. The van der Waals surface area contributed by atoms with Gasteiger partial charge in [-0.3, -0.25) is 4.79 Å². The molecule has 0 aromatic rings. The Labute approximate surface area is 465 Å². The molecule has 0 saturated carbocycles. The molecule has 0 aliphatic carbocycles. The minimum absolute atomic E-state index is 0.251. The Kier molecular flexibility index (Phi) is 43.7. The third kappa shape index (κ3) is 33.5. The summed E-state index contributed by atoms with van der Waals surface area (Å²) in [5.74, 6) is -0.251. The molecule has 2 heterocycles. The topological polar surface area (TPSA) is 228 Å². The Morgan fingerprint density at radius 2 is 0.896 bits per heavy atom. The molecule has 9 N–H and O–H groups in total. The Morgan fingerprint density at radius 1 is 0.481 bits per heavy atom. The van der Waals surface area contributed by atoms with Crippen LogP contribution in [-0.2, 0) is 23.7 Å². The predicted octanol–water partition coefficient (Wildman–Crippen LogP) is 10.5. The maximum Gasteiger partial charge on any atom is 0.220 e. The number of nitrogens with one attached hydrogen (secondary N) is 1. The molecule has 12 unspecified atom stereocenters. The average Bonchev–Trinajstić information content (AvgIpc) is 3.43. The molecule has 444 valence electrons. The first-order valence-corrected chi connectivity index (χ1v) is 30.3. The fraction of sp³-hybridized carbons (Fsp3) is 0.762. The maximum atomic E-state index is 13.3. The predicted molar refractivity (Wildman–Crippen MR) is 309 cm³/mol. The molecule has 2 fully saturated rings. The fourth-order valence-corrected chi connectivity index (χ4v) is 9.47. The van der Waals surface area contributed by atoms with Gasteiger partial charge in [0.15, 0.2) is 12.6 Å². The van der Waals surface area contributed by atoms with E-state index in [9.17, 15) is 45.6 Å². The normalized spacial score (nSPS) is 25.3. The summed E-state index contributed by atoms with van der Waals surface area (Å²) in [5, 5.41) is 87.1. The van der Waals surface area contributed by atoms with E-state index in [-0.39, 0.29) is 18.9 Å². The molecule has 0 spiro atoms. The van der Waals surface area contributed by atoms with Crippen LogP contribution in [0, 0.1) is 0 Å². The molecular weight excluding hydrogens is 979 g/mol. The Balaban J connectivity index is 1.75. The second kappa shape index (κ2) is 47.9. The van der Waals surface area contributed by atoms with E-state index >= 15 is 0 Å². The van der Waals surface area contributed by atoms with Crippen LogP contribution in [0.25, 0.3) is 0 Å². The van der Waals surface area contributed by atoms with Crippen molar-refractivity contribution in [2.45, 2.75) is 286 Å². The summed E-state index contributed by atoms with van der Waals surface area (Å²) < 4.78 is 22.8. The van der Waals surface area contributed by atoms with Gasteiger partial charge in [-0.1, -0.05) is 221 Å². The molecule has 77 heavy (non-hydrogen) atoms. The number of unbranched alkanes of at least 4 members (excludes halogenated alkanes) is 22. The molecule has 2 rings (SSSR count). The number of aliphatic hydroxyl groups is 8. The number of aliphatic hydroxyl groups excluding tert-OH is 8. The van der Waals surface area contributed by atoms with Crippen LogP contribution < -0.4 is 5.32 Å². The number of amides is 1. The van der Waals surface area contributed by atoms with Gasteiger partial charge in [-0.15, -0.1) is 0 Å². The highest BCUT2D eigenvalue weighted by Crippen LogP contribution is 2.30. The molecule has 0 aromatic carbocycles. The average molecular weight is 1090 g/mol. The highest BCUT2D eigenvalue weighted by molar-refractivity contribution is 5.76. The van der Waals surface area contributed by atoms with Gasteiger partial charge in [-0.05, 0) is 70.6 Å². The molecule has 2 aliphatic heterocycles. The van der Waals surface area contributed by atoms with Gasteiger partial charge in [0.2, 0.25) is 5.91 Å². The monoisotopic (exact) mass is 1090 g/mol. The van der Waals surface area contributed by atoms with Gasteiger partial charge in [0.25, 0.3) is 0 Å². The minimum Gasteiger partial charge on any atom is -0.394 e. The van der Waals surface area contributed by atoms with Gasteiger partial charge in [-0.2, -0.15) is 0 Å². The van der Waals surface area contributed by atoms with Gasteiger partial charge >= 0.3 is 0 Å². The summed E-state index contributed by atoms with van der Waals surface area (Å²) >= 11 is 0. The van der Waals surface area contributed by atoms with Gasteiger partial charge in [0.1, 0.15) is 48.8 Å². The molecule has 14 nitrogen and oxygen atoms in total. The zero-order valence-corrected chi connectivity index (χ0v) is 47.7. The van der Waals surface area contributed by atoms with Crippen LogP contribution in [-0.4, -0.2) is 140 Å². The summed E-state index contributed by atoms with van der Waals surface area (Å²) in [6.45, 7) is 2.67. The van der Waals surface area contributed by atoms with Gasteiger partial charge < -0.3 is 65.1 Å². The number of ether oxygens (including phenoxy) is 4. The lowest BCUT2D eigenvalue weighted by molar-refractivity contribution is -0.359. The molecule has 2 saturated heterocycles. The third-order valence-electron chi connectivity index (χ3n) is 14.3. The van der Waals surface area contributed by atoms with E-state index in [0.717, 1.165) is 89.9 Å². The van der Waals surface area contributed by atoms with E-state index in [1.165, 1.54) is 96.3 Å². The van der Waals surface area contributed by atoms with Crippen molar-refractivity contribution in [3.05, 3.63) is 85.1 Å². The van der Waals surface area contributed by atoms with E-state index in [2.05, 4.69) is 92.1 Å². The van der Waals surface area contributed by atoms with E-state index < -0.39 is 86.8 Å². The van der Waals surface area contributed by atoms with Crippen LogP contribution in [0.5, 0.6) is 0 Å². The van der Waals surface area contributed by atoms with Gasteiger partial charge in [0.05, 0.1) is 32.0 Å².